The number of hydrogen-bond acceptors (Lipinski definition) is 3. The number of esters is 1. The third-order valence-electron chi connectivity index (χ3n) is 5.03. The smallest absolute Gasteiger partial charge is 0.325 e. The second-order valence-corrected chi connectivity index (χ2v) is 6.84. The summed E-state index contributed by atoms with van der Waals surface area (Å²) in [7, 11) is 0. The molecular formula is C23H23N3O3. The summed E-state index contributed by atoms with van der Waals surface area (Å²) in [5.74, 6) is -0.448. The number of nitrogens with zero attached hydrogens (tertiary/aromatic N) is 2. The molecule has 148 valence electrons. The van der Waals surface area contributed by atoms with Gasteiger partial charge in [-0.1, -0.05) is 48.5 Å². The van der Waals surface area contributed by atoms with Crippen molar-refractivity contribution in [2.75, 3.05) is 13.2 Å². The van der Waals surface area contributed by atoms with Gasteiger partial charge in [0.15, 0.2) is 0 Å². The SMILES string of the molecule is CCOC(=O)CNC(=O)N1Cc2ccccc2-n2cccc2[C@@H]1c1ccccc1. The lowest BCUT2D eigenvalue weighted by atomic mass is 10.0. The van der Waals surface area contributed by atoms with Gasteiger partial charge in [-0.3, -0.25) is 4.79 Å². The largest absolute Gasteiger partial charge is 0.465 e. The summed E-state index contributed by atoms with van der Waals surface area (Å²) < 4.78 is 7.07. The lowest BCUT2D eigenvalue weighted by Gasteiger charge is -2.30. The number of nitrogens with one attached hydrogen (secondary N) is 1. The van der Waals surface area contributed by atoms with E-state index in [1.165, 1.54) is 0 Å². The monoisotopic (exact) mass is 389 g/mol. The van der Waals surface area contributed by atoms with Gasteiger partial charge < -0.3 is 19.5 Å². The van der Waals surface area contributed by atoms with Crippen molar-refractivity contribution in [2.24, 2.45) is 0 Å². The number of fused-ring (bicyclic) bond motifs is 3. The minimum atomic E-state index is -0.448. The molecule has 0 spiro atoms. The standard InChI is InChI=1S/C23H23N3O3/c1-2-29-21(27)15-24-23(28)26-16-18-11-6-7-12-19(18)25-14-8-13-20(25)22(26)17-9-4-3-5-10-17/h3-14,22H,2,15-16H2,1H3,(H,24,28)/t22-/m0/s1. The summed E-state index contributed by atoms with van der Waals surface area (Å²) in [4.78, 5) is 26.7. The van der Waals surface area contributed by atoms with Gasteiger partial charge >= 0.3 is 12.0 Å². The van der Waals surface area contributed by atoms with Crippen LogP contribution in [0, 0.1) is 0 Å². The lowest BCUT2D eigenvalue weighted by Crippen LogP contribution is -2.44. The second-order valence-electron chi connectivity index (χ2n) is 6.84. The first-order chi connectivity index (χ1) is 14.2. The van der Waals surface area contributed by atoms with Crippen LogP contribution in [0.1, 0.15) is 29.8 Å². The van der Waals surface area contributed by atoms with E-state index in [-0.39, 0.29) is 25.2 Å². The molecule has 0 aliphatic carbocycles. The predicted molar refractivity (Wildman–Crippen MR) is 110 cm³/mol. The second kappa shape index (κ2) is 8.22. The Labute approximate surface area is 169 Å². The number of para-hydroxylation sites is 1. The van der Waals surface area contributed by atoms with Gasteiger partial charge in [0.25, 0.3) is 0 Å². The number of hydrogen-bond donors (Lipinski definition) is 1. The number of urea groups is 1. The first kappa shape index (κ1) is 18.8. The fourth-order valence-corrected chi connectivity index (χ4v) is 3.79. The summed E-state index contributed by atoms with van der Waals surface area (Å²) in [6, 6.07) is 21.4. The highest BCUT2D eigenvalue weighted by atomic mass is 16.5. The van der Waals surface area contributed by atoms with Gasteiger partial charge in [0.1, 0.15) is 6.54 Å². The number of amides is 2. The Hall–Kier alpha value is -3.54. The molecule has 1 aliphatic heterocycles. The van der Waals surface area contributed by atoms with Gasteiger partial charge in [-0.05, 0) is 36.2 Å². The summed E-state index contributed by atoms with van der Waals surface area (Å²) in [5, 5.41) is 2.72. The van der Waals surface area contributed by atoms with Crippen LogP contribution in [0.4, 0.5) is 4.79 Å². The van der Waals surface area contributed by atoms with Crippen molar-refractivity contribution < 1.29 is 14.3 Å². The molecule has 1 aliphatic rings. The Morgan fingerprint density at radius 2 is 1.79 bits per heavy atom. The predicted octanol–water partition coefficient (Wildman–Crippen LogP) is 3.66. The molecule has 6 heteroatoms. The Morgan fingerprint density at radius 3 is 2.59 bits per heavy atom. The maximum atomic E-state index is 13.2. The number of ether oxygens (including phenoxy) is 1. The normalized spacial score (nSPS) is 15.1. The van der Waals surface area contributed by atoms with Crippen LogP contribution >= 0.6 is 0 Å². The van der Waals surface area contributed by atoms with E-state index in [9.17, 15) is 9.59 Å². The summed E-state index contributed by atoms with van der Waals surface area (Å²) in [6.45, 7) is 2.29. The first-order valence-corrected chi connectivity index (χ1v) is 9.69. The minimum absolute atomic E-state index is 0.159. The minimum Gasteiger partial charge on any atom is -0.465 e. The van der Waals surface area contributed by atoms with Gasteiger partial charge in [-0.15, -0.1) is 0 Å². The van der Waals surface area contributed by atoms with Crippen molar-refractivity contribution in [2.45, 2.75) is 19.5 Å². The molecule has 0 saturated carbocycles. The number of benzene rings is 2. The highest BCUT2D eigenvalue weighted by Crippen LogP contribution is 2.36. The van der Waals surface area contributed by atoms with Crippen molar-refractivity contribution in [3.63, 3.8) is 0 Å². The molecule has 4 rings (SSSR count). The highest BCUT2D eigenvalue weighted by molar-refractivity contribution is 5.81. The Morgan fingerprint density at radius 1 is 1.03 bits per heavy atom. The van der Waals surface area contributed by atoms with Gasteiger partial charge in [0.2, 0.25) is 0 Å². The van der Waals surface area contributed by atoms with E-state index in [0.29, 0.717) is 6.54 Å². The maximum absolute atomic E-state index is 13.2. The van der Waals surface area contributed by atoms with Crippen LogP contribution < -0.4 is 5.32 Å². The van der Waals surface area contributed by atoms with E-state index in [1.54, 1.807) is 11.8 Å². The van der Waals surface area contributed by atoms with Gasteiger partial charge in [0, 0.05) is 11.9 Å². The van der Waals surface area contributed by atoms with Gasteiger partial charge in [-0.2, -0.15) is 0 Å². The van der Waals surface area contributed by atoms with E-state index in [2.05, 4.69) is 16.0 Å². The van der Waals surface area contributed by atoms with Crippen LogP contribution in [-0.4, -0.2) is 34.6 Å². The number of carbonyl (C=O) groups is 2. The molecule has 29 heavy (non-hydrogen) atoms. The molecule has 2 aromatic carbocycles. The fraction of sp³-hybridized carbons (Fsp3) is 0.217. The number of rotatable bonds is 4. The quantitative estimate of drug-likeness (QED) is 0.693. The number of carbonyl (C=O) groups excluding carboxylic acids is 2. The van der Waals surface area contributed by atoms with Crippen LogP contribution in [0.2, 0.25) is 0 Å². The molecule has 3 aromatic rings. The zero-order valence-corrected chi connectivity index (χ0v) is 16.2. The zero-order chi connectivity index (χ0) is 20.2. The van der Waals surface area contributed by atoms with Crippen molar-refractivity contribution in [3.8, 4) is 5.69 Å². The fourth-order valence-electron chi connectivity index (χ4n) is 3.79. The third-order valence-corrected chi connectivity index (χ3v) is 5.03. The molecule has 0 radical (unpaired) electrons. The van der Waals surface area contributed by atoms with E-state index < -0.39 is 5.97 Å². The first-order valence-electron chi connectivity index (χ1n) is 9.69. The van der Waals surface area contributed by atoms with Crippen molar-refractivity contribution in [1.82, 2.24) is 14.8 Å². The van der Waals surface area contributed by atoms with E-state index in [1.807, 2.05) is 66.9 Å². The third kappa shape index (κ3) is 3.74. The van der Waals surface area contributed by atoms with Crippen LogP contribution in [-0.2, 0) is 16.1 Å². The van der Waals surface area contributed by atoms with E-state index in [0.717, 1.165) is 22.5 Å². The maximum Gasteiger partial charge on any atom is 0.325 e. The summed E-state index contributed by atoms with van der Waals surface area (Å²) in [6.07, 6.45) is 2.02. The van der Waals surface area contributed by atoms with Crippen LogP contribution in [0.5, 0.6) is 0 Å². The molecule has 0 fully saturated rings. The molecule has 1 N–H and O–H groups in total. The average Bonchev–Trinajstić information content (AvgIpc) is 3.17. The van der Waals surface area contributed by atoms with E-state index in [4.69, 9.17) is 4.74 Å². The lowest BCUT2D eigenvalue weighted by molar-refractivity contribution is -0.141. The topological polar surface area (TPSA) is 63.6 Å². The van der Waals surface area contributed by atoms with Crippen LogP contribution in [0.25, 0.3) is 5.69 Å². The van der Waals surface area contributed by atoms with Crippen LogP contribution in [0.15, 0.2) is 72.9 Å². The van der Waals surface area contributed by atoms with Crippen molar-refractivity contribution in [3.05, 3.63) is 89.7 Å². The zero-order valence-electron chi connectivity index (χ0n) is 16.2. The molecule has 2 amide bonds. The van der Waals surface area contributed by atoms with E-state index >= 15 is 0 Å². The van der Waals surface area contributed by atoms with Crippen LogP contribution in [0.3, 0.4) is 0 Å². The summed E-state index contributed by atoms with van der Waals surface area (Å²) in [5.41, 5.74) is 4.09. The molecule has 2 heterocycles. The van der Waals surface area contributed by atoms with Crippen molar-refractivity contribution >= 4 is 12.0 Å². The molecule has 1 atom stereocenters. The molecule has 0 unspecified atom stereocenters. The molecule has 6 nitrogen and oxygen atoms in total. The Balaban J connectivity index is 1.75. The van der Waals surface area contributed by atoms with Gasteiger partial charge in [-0.25, -0.2) is 4.79 Å². The molecule has 0 saturated heterocycles. The Kier molecular flexibility index (Phi) is 5.33. The van der Waals surface area contributed by atoms with Crippen molar-refractivity contribution in [1.29, 1.82) is 0 Å². The molecular weight excluding hydrogens is 366 g/mol. The average molecular weight is 389 g/mol. The van der Waals surface area contributed by atoms with Gasteiger partial charge in [0.05, 0.1) is 24.9 Å². The Bertz CT molecular complexity index is 1010. The number of aromatic nitrogens is 1. The molecule has 0 bridgehead atoms. The highest BCUT2D eigenvalue weighted by Gasteiger charge is 2.32. The molecule has 1 aromatic heterocycles. The summed E-state index contributed by atoms with van der Waals surface area (Å²) >= 11 is 0.